The molecule has 2 aliphatic heterocycles. The van der Waals surface area contributed by atoms with E-state index in [1.54, 1.807) is 0 Å². The zero-order valence-electron chi connectivity index (χ0n) is 14.7. The van der Waals surface area contributed by atoms with Gasteiger partial charge in [-0.15, -0.1) is 0 Å². The van der Waals surface area contributed by atoms with Gasteiger partial charge in [0.15, 0.2) is 0 Å². The fourth-order valence-corrected chi connectivity index (χ4v) is 3.66. The maximum atomic E-state index is 12.6. The highest BCUT2D eigenvalue weighted by molar-refractivity contribution is 5.92. The molecule has 6 heteroatoms. The van der Waals surface area contributed by atoms with Crippen LogP contribution in [0.15, 0.2) is 36.8 Å². The Hall–Kier alpha value is -2.34. The number of benzene rings is 1. The highest BCUT2D eigenvalue weighted by atomic mass is 16.1. The molecule has 0 spiro atoms. The van der Waals surface area contributed by atoms with Crippen LogP contribution in [-0.4, -0.2) is 53.6 Å². The first-order valence-corrected chi connectivity index (χ1v) is 9.02. The van der Waals surface area contributed by atoms with Crippen molar-refractivity contribution in [2.24, 2.45) is 5.92 Å². The van der Waals surface area contributed by atoms with E-state index < -0.39 is 0 Å². The molecule has 2 aliphatic rings. The normalized spacial score (nSPS) is 21.0. The monoisotopic (exact) mass is 339 g/mol. The van der Waals surface area contributed by atoms with Gasteiger partial charge < -0.3 is 19.7 Å². The molecule has 1 unspecified atom stereocenters. The van der Waals surface area contributed by atoms with Crippen LogP contribution in [0.25, 0.3) is 0 Å². The van der Waals surface area contributed by atoms with Gasteiger partial charge in [-0.05, 0) is 37.7 Å². The average molecular weight is 339 g/mol. The first kappa shape index (κ1) is 16.1. The average Bonchev–Trinajstić information content (AvgIpc) is 3.11. The molecule has 4 rings (SSSR count). The van der Waals surface area contributed by atoms with Gasteiger partial charge in [0.2, 0.25) is 5.91 Å². The van der Waals surface area contributed by atoms with Gasteiger partial charge in [0.05, 0.1) is 6.33 Å². The number of anilines is 2. The molecule has 0 aliphatic carbocycles. The summed E-state index contributed by atoms with van der Waals surface area (Å²) in [5, 5.41) is 3.08. The van der Waals surface area contributed by atoms with Gasteiger partial charge in [-0.25, -0.2) is 4.98 Å². The van der Waals surface area contributed by atoms with Crippen molar-refractivity contribution in [3.63, 3.8) is 0 Å². The van der Waals surface area contributed by atoms with E-state index in [4.69, 9.17) is 0 Å². The van der Waals surface area contributed by atoms with Crippen molar-refractivity contribution in [3.8, 4) is 0 Å². The second-order valence-corrected chi connectivity index (χ2v) is 7.09. The summed E-state index contributed by atoms with van der Waals surface area (Å²) < 4.78 is 2.13. The second kappa shape index (κ2) is 6.88. The number of rotatable bonds is 3. The summed E-state index contributed by atoms with van der Waals surface area (Å²) in [6.45, 7) is 5.17. The summed E-state index contributed by atoms with van der Waals surface area (Å²) in [6.07, 6.45) is 5.35. The number of nitrogens with one attached hydrogen (secondary N) is 1. The molecule has 0 saturated carbocycles. The standard InChI is InChI=1S/C19H25N5O/c1-22-8-10-23(11-9-22)17-4-2-16(3-5-17)21-19(25)15-6-7-24-14-20-13-18(24)12-15/h2-5,13-15H,6-12H2,1H3,(H,21,25). The topological polar surface area (TPSA) is 53.4 Å². The lowest BCUT2D eigenvalue weighted by molar-refractivity contribution is -0.120. The molecule has 1 aromatic heterocycles. The Balaban J connectivity index is 1.36. The lowest BCUT2D eigenvalue weighted by Gasteiger charge is -2.34. The number of carbonyl (C=O) groups excluding carboxylic acids is 1. The third-order valence-corrected chi connectivity index (χ3v) is 5.35. The summed E-state index contributed by atoms with van der Waals surface area (Å²) in [5.41, 5.74) is 3.26. The second-order valence-electron chi connectivity index (χ2n) is 7.09. The predicted molar refractivity (Wildman–Crippen MR) is 98.8 cm³/mol. The zero-order valence-corrected chi connectivity index (χ0v) is 14.7. The molecule has 0 bridgehead atoms. The van der Waals surface area contributed by atoms with Crippen LogP contribution in [0.5, 0.6) is 0 Å². The number of aromatic nitrogens is 2. The maximum Gasteiger partial charge on any atom is 0.227 e. The van der Waals surface area contributed by atoms with E-state index in [9.17, 15) is 4.79 Å². The minimum absolute atomic E-state index is 0.0292. The molecule has 2 aromatic rings. The first-order valence-electron chi connectivity index (χ1n) is 9.02. The van der Waals surface area contributed by atoms with Crippen LogP contribution < -0.4 is 10.2 Å². The van der Waals surface area contributed by atoms with E-state index in [1.807, 2.05) is 24.7 Å². The molecule has 1 aromatic carbocycles. The maximum absolute atomic E-state index is 12.6. The minimum Gasteiger partial charge on any atom is -0.369 e. The Morgan fingerprint density at radius 2 is 1.88 bits per heavy atom. The quantitative estimate of drug-likeness (QED) is 0.927. The molecule has 1 amide bonds. The van der Waals surface area contributed by atoms with Crippen LogP contribution in [0.3, 0.4) is 0 Å². The van der Waals surface area contributed by atoms with Crippen molar-refractivity contribution in [3.05, 3.63) is 42.5 Å². The first-order chi connectivity index (χ1) is 12.2. The molecule has 132 valence electrons. The van der Waals surface area contributed by atoms with Gasteiger partial charge in [0.1, 0.15) is 0 Å². The van der Waals surface area contributed by atoms with E-state index in [2.05, 4.69) is 43.8 Å². The van der Waals surface area contributed by atoms with Gasteiger partial charge in [0, 0.05) is 68.3 Å². The van der Waals surface area contributed by atoms with E-state index in [-0.39, 0.29) is 11.8 Å². The minimum atomic E-state index is 0.0292. The Kier molecular flexibility index (Phi) is 4.44. The summed E-state index contributed by atoms with van der Waals surface area (Å²) in [7, 11) is 2.16. The Morgan fingerprint density at radius 1 is 1.12 bits per heavy atom. The molecule has 3 heterocycles. The van der Waals surface area contributed by atoms with Gasteiger partial charge in [-0.2, -0.15) is 0 Å². The largest absolute Gasteiger partial charge is 0.369 e. The van der Waals surface area contributed by atoms with Crippen molar-refractivity contribution in [1.29, 1.82) is 0 Å². The smallest absolute Gasteiger partial charge is 0.227 e. The number of fused-ring (bicyclic) bond motifs is 1. The van der Waals surface area contributed by atoms with Gasteiger partial charge in [-0.1, -0.05) is 0 Å². The number of hydrogen-bond donors (Lipinski definition) is 1. The summed E-state index contributed by atoms with van der Waals surface area (Å²) >= 11 is 0. The molecule has 6 nitrogen and oxygen atoms in total. The number of imidazole rings is 1. The predicted octanol–water partition coefficient (Wildman–Crippen LogP) is 1.84. The molecule has 0 radical (unpaired) electrons. The van der Waals surface area contributed by atoms with Crippen molar-refractivity contribution < 1.29 is 4.79 Å². The third kappa shape index (κ3) is 3.54. The number of likely N-dealkylation sites (N-methyl/N-ethyl adjacent to an activating group) is 1. The highest BCUT2D eigenvalue weighted by Gasteiger charge is 2.25. The van der Waals surface area contributed by atoms with Crippen LogP contribution in [0, 0.1) is 5.92 Å². The highest BCUT2D eigenvalue weighted by Crippen LogP contribution is 2.23. The van der Waals surface area contributed by atoms with Crippen LogP contribution >= 0.6 is 0 Å². The summed E-state index contributed by atoms with van der Waals surface area (Å²) in [4.78, 5) is 21.5. The summed E-state index contributed by atoms with van der Waals surface area (Å²) in [6, 6.07) is 8.24. The zero-order chi connectivity index (χ0) is 17.2. The third-order valence-electron chi connectivity index (χ3n) is 5.35. The van der Waals surface area contributed by atoms with Crippen LogP contribution in [0.4, 0.5) is 11.4 Å². The van der Waals surface area contributed by atoms with E-state index in [1.165, 1.54) is 5.69 Å². The van der Waals surface area contributed by atoms with Crippen LogP contribution in [0.2, 0.25) is 0 Å². The van der Waals surface area contributed by atoms with Crippen molar-refractivity contribution in [2.75, 3.05) is 43.4 Å². The number of piperazine rings is 1. The number of carbonyl (C=O) groups is 1. The van der Waals surface area contributed by atoms with E-state index in [0.717, 1.165) is 56.9 Å². The fraction of sp³-hybridized carbons (Fsp3) is 0.474. The number of nitrogens with zero attached hydrogens (tertiary/aromatic N) is 4. The Morgan fingerprint density at radius 3 is 2.64 bits per heavy atom. The molecular weight excluding hydrogens is 314 g/mol. The lowest BCUT2D eigenvalue weighted by Crippen LogP contribution is -2.44. The van der Waals surface area contributed by atoms with Crippen LogP contribution in [0.1, 0.15) is 12.1 Å². The fourth-order valence-electron chi connectivity index (χ4n) is 3.66. The lowest BCUT2D eigenvalue weighted by atomic mass is 9.95. The van der Waals surface area contributed by atoms with Crippen molar-refractivity contribution in [2.45, 2.75) is 19.4 Å². The Bertz CT molecular complexity index is 731. The molecule has 1 N–H and O–H groups in total. The summed E-state index contributed by atoms with van der Waals surface area (Å²) in [5.74, 6) is 0.140. The molecule has 25 heavy (non-hydrogen) atoms. The molecule has 1 atom stereocenters. The number of hydrogen-bond acceptors (Lipinski definition) is 4. The van der Waals surface area contributed by atoms with Gasteiger partial charge in [0.25, 0.3) is 0 Å². The van der Waals surface area contributed by atoms with Crippen molar-refractivity contribution in [1.82, 2.24) is 14.5 Å². The number of aryl methyl sites for hydroxylation is 1. The Labute approximate surface area is 148 Å². The molecule has 1 fully saturated rings. The van der Waals surface area contributed by atoms with E-state index in [0.29, 0.717) is 0 Å². The number of amides is 1. The van der Waals surface area contributed by atoms with Gasteiger partial charge >= 0.3 is 0 Å². The van der Waals surface area contributed by atoms with E-state index >= 15 is 0 Å². The SMILES string of the molecule is CN1CCN(c2ccc(NC(=O)C3CCn4cncc4C3)cc2)CC1. The van der Waals surface area contributed by atoms with Gasteiger partial charge in [-0.3, -0.25) is 4.79 Å². The van der Waals surface area contributed by atoms with Crippen LogP contribution in [-0.2, 0) is 17.8 Å². The molecule has 1 saturated heterocycles. The van der Waals surface area contributed by atoms with Crippen molar-refractivity contribution >= 4 is 17.3 Å². The molecular formula is C19H25N5O.